The van der Waals surface area contributed by atoms with Crippen LogP contribution in [-0.4, -0.2) is 29.1 Å². The van der Waals surface area contributed by atoms with Crippen LogP contribution in [0.15, 0.2) is 36.4 Å². The SMILES string of the molecule is CC(C)N(C(=O)/C(=C\C(F)(F)F)c1ccccc1)C(C)C. The first kappa shape index (κ1) is 17.3. The predicted molar refractivity (Wildman–Crippen MR) is 77.6 cm³/mol. The van der Waals surface area contributed by atoms with Crippen molar-refractivity contribution in [1.82, 2.24) is 4.90 Å². The van der Waals surface area contributed by atoms with Gasteiger partial charge in [-0.3, -0.25) is 4.79 Å². The highest BCUT2D eigenvalue weighted by Gasteiger charge is 2.31. The van der Waals surface area contributed by atoms with Crippen LogP contribution in [0.25, 0.3) is 5.57 Å². The molecule has 0 aliphatic heterocycles. The molecule has 0 radical (unpaired) electrons. The Kier molecular flexibility index (Phi) is 5.58. The molecule has 2 nitrogen and oxygen atoms in total. The van der Waals surface area contributed by atoms with E-state index in [2.05, 4.69) is 0 Å². The smallest absolute Gasteiger partial charge is 0.334 e. The molecule has 0 unspecified atom stereocenters. The molecule has 0 N–H and O–H groups in total. The van der Waals surface area contributed by atoms with Crippen LogP contribution in [0.2, 0.25) is 0 Å². The predicted octanol–water partition coefficient (Wildman–Crippen LogP) is 4.28. The van der Waals surface area contributed by atoms with E-state index in [1.165, 1.54) is 17.0 Å². The highest BCUT2D eigenvalue weighted by molar-refractivity contribution is 6.19. The zero-order valence-electron chi connectivity index (χ0n) is 12.6. The molecule has 1 aromatic rings. The summed E-state index contributed by atoms with van der Waals surface area (Å²) in [5.74, 6) is -0.608. The summed E-state index contributed by atoms with van der Waals surface area (Å²) < 4.78 is 38.3. The zero-order chi connectivity index (χ0) is 16.2. The van der Waals surface area contributed by atoms with Crippen LogP contribution in [0.3, 0.4) is 0 Å². The number of halogens is 3. The topological polar surface area (TPSA) is 20.3 Å². The van der Waals surface area contributed by atoms with Gasteiger partial charge in [-0.2, -0.15) is 13.2 Å². The van der Waals surface area contributed by atoms with Gasteiger partial charge in [-0.1, -0.05) is 30.3 Å². The molecule has 0 aliphatic rings. The van der Waals surface area contributed by atoms with Gasteiger partial charge in [0.2, 0.25) is 0 Å². The lowest BCUT2D eigenvalue weighted by molar-refractivity contribution is -0.129. The van der Waals surface area contributed by atoms with E-state index in [9.17, 15) is 18.0 Å². The van der Waals surface area contributed by atoms with Crippen molar-refractivity contribution in [1.29, 1.82) is 0 Å². The van der Waals surface area contributed by atoms with Gasteiger partial charge in [0.1, 0.15) is 0 Å². The second-order valence-electron chi connectivity index (χ2n) is 5.37. The molecule has 0 aliphatic carbocycles. The first-order valence-electron chi connectivity index (χ1n) is 6.81. The second kappa shape index (κ2) is 6.78. The van der Waals surface area contributed by atoms with Crippen molar-refractivity contribution in [3.63, 3.8) is 0 Å². The molecule has 0 aromatic heterocycles. The maximum absolute atomic E-state index is 12.8. The number of carbonyl (C=O) groups is 1. The van der Waals surface area contributed by atoms with E-state index in [0.29, 0.717) is 0 Å². The largest absolute Gasteiger partial charge is 0.410 e. The Balaban J connectivity index is 3.32. The minimum atomic E-state index is -4.54. The third kappa shape index (κ3) is 4.92. The van der Waals surface area contributed by atoms with Crippen LogP contribution in [0.5, 0.6) is 0 Å². The molecule has 0 spiro atoms. The molecule has 0 heterocycles. The zero-order valence-corrected chi connectivity index (χ0v) is 12.6. The molecule has 0 saturated carbocycles. The van der Waals surface area contributed by atoms with Gasteiger partial charge in [0.25, 0.3) is 5.91 Å². The van der Waals surface area contributed by atoms with Crippen molar-refractivity contribution >= 4 is 11.5 Å². The Hall–Kier alpha value is -1.78. The molecular formula is C16H20F3NO. The first-order chi connectivity index (χ1) is 9.63. The third-order valence-corrected chi connectivity index (χ3v) is 2.97. The van der Waals surface area contributed by atoms with Gasteiger partial charge in [-0.25, -0.2) is 0 Å². The molecule has 5 heteroatoms. The number of amides is 1. The fourth-order valence-corrected chi connectivity index (χ4v) is 2.25. The Morgan fingerprint density at radius 3 is 1.90 bits per heavy atom. The molecule has 1 aromatic carbocycles. The minimum Gasteiger partial charge on any atom is -0.334 e. The average molecular weight is 299 g/mol. The maximum Gasteiger partial charge on any atom is 0.410 e. The lowest BCUT2D eigenvalue weighted by Crippen LogP contribution is -2.42. The van der Waals surface area contributed by atoms with Gasteiger partial charge in [-0.15, -0.1) is 0 Å². The molecule has 0 saturated heterocycles. The van der Waals surface area contributed by atoms with E-state index >= 15 is 0 Å². The van der Waals surface area contributed by atoms with Crippen LogP contribution in [0, 0.1) is 0 Å². The van der Waals surface area contributed by atoms with E-state index in [-0.39, 0.29) is 29.3 Å². The van der Waals surface area contributed by atoms with Crippen LogP contribution in [0.4, 0.5) is 13.2 Å². The lowest BCUT2D eigenvalue weighted by Gasteiger charge is -2.32. The van der Waals surface area contributed by atoms with E-state index < -0.39 is 12.1 Å². The molecule has 1 rings (SSSR count). The van der Waals surface area contributed by atoms with E-state index in [4.69, 9.17) is 0 Å². The van der Waals surface area contributed by atoms with Crippen molar-refractivity contribution < 1.29 is 18.0 Å². The van der Waals surface area contributed by atoms with Crippen molar-refractivity contribution in [2.24, 2.45) is 0 Å². The number of hydrogen-bond donors (Lipinski definition) is 0. The fourth-order valence-electron chi connectivity index (χ4n) is 2.25. The highest BCUT2D eigenvalue weighted by atomic mass is 19.4. The lowest BCUT2D eigenvalue weighted by atomic mass is 10.0. The number of alkyl halides is 3. The highest BCUT2D eigenvalue weighted by Crippen LogP contribution is 2.27. The molecule has 0 atom stereocenters. The summed E-state index contributed by atoms with van der Waals surface area (Å²) >= 11 is 0. The Morgan fingerprint density at radius 1 is 1.05 bits per heavy atom. The second-order valence-corrected chi connectivity index (χ2v) is 5.37. The van der Waals surface area contributed by atoms with Crippen LogP contribution >= 0.6 is 0 Å². The summed E-state index contributed by atoms with van der Waals surface area (Å²) in [6.45, 7) is 7.14. The van der Waals surface area contributed by atoms with Gasteiger partial charge in [0, 0.05) is 18.2 Å². The molecule has 1 amide bonds. The summed E-state index contributed by atoms with van der Waals surface area (Å²) in [6, 6.07) is 7.57. The number of carbonyl (C=O) groups excluding carboxylic acids is 1. The molecule has 0 bridgehead atoms. The van der Waals surface area contributed by atoms with Crippen LogP contribution in [-0.2, 0) is 4.79 Å². The quantitative estimate of drug-likeness (QED) is 0.760. The minimum absolute atomic E-state index is 0.0857. The summed E-state index contributed by atoms with van der Waals surface area (Å²) in [4.78, 5) is 14.0. The van der Waals surface area contributed by atoms with Crippen LogP contribution < -0.4 is 0 Å². The van der Waals surface area contributed by atoms with Gasteiger partial charge in [-0.05, 0) is 33.3 Å². The molecule has 21 heavy (non-hydrogen) atoms. The Labute approximate surface area is 123 Å². The van der Waals surface area contributed by atoms with E-state index in [1.807, 2.05) is 0 Å². The van der Waals surface area contributed by atoms with E-state index in [0.717, 1.165) is 0 Å². The van der Waals surface area contributed by atoms with Crippen molar-refractivity contribution in [2.75, 3.05) is 0 Å². The maximum atomic E-state index is 12.8. The van der Waals surface area contributed by atoms with Crippen molar-refractivity contribution in [2.45, 2.75) is 46.0 Å². The first-order valence-corrected chi connectivity index (χ1v) is 6.81. The number of rotatable bonds is 4. The van der Waals surface area contributed by atoms with Gasteiger partial charge in [0.05, 0.1) is 5.57 Å². The van der Waals surface area contributed by atoms with Crippen LogP contribution in [0.1, 0.15) is 33.3 Å². The standard InChI is InChI=1S/C16H20F3NO/c1-11(2)20(12(3)4)15(21)14(10-16(17,18)19)13-8-6-5-7-9-13/h5-12H,1-4H3/b14-10-. The monoisotopic (exact) mass is 299 g/mol. The van der Waals surface area contributed by atoms with Gasteiger partial charge >= 0.3 is 6.18 Å². The fraction of sp³-hybridized carbons (Fsp3) is 0.438. The number of benzene rings is 1. The summed E-state index contributed by atoms with van der Waals surface area (Å²) in [7, 11) is 0. The molecule has 0 fully saturated rings. The summed E-state index contributed by atoms with van der Waals surface area (Å²) in [5, 5.41) is 0. The van der Waals surface area contributed by atoms with E-state index in [1.54, 1.807) is 45.9 Å². The van der Waals surface area contributed by atoms with Gasteiger partial charge < -0.3 is 4.90 Å². The Morgan fingerprint density at radius 2 is 1.52 bits per heavy atom. The van der Waals surface area contributed by atoms with Crippen molar-refractivity contribution in [3.05, 3.63) is 42.0 Å². The third-order valence-electron chi connectivity index (χ3n) is 2.97. The average Bonchev–Trinajstić information content (AvgIpc) is 2.35. The number of allylic oxidation sites excluding steroid dienone is 1. The molecule has 116 valence electrons. The molecular weight excluding hydrogens is 279 g/mol. The number of hydrogen-bond acceptors (Lipinski definition) is 1. The summed E-state index contributed by atoms with van der Waals surface area (Å²) in [5.41, 5.74) is -0.0587. The van der Waals surface area contributed by atoms with Crippen molar-refractivity contribution in [3.8, 4) is 0 Å². The van der Waals surface area contributed by atoms with Gasteiger partial charge in [0.15, 0.2) is 0 Å². The number of nitrogens with zero attached hydrogens (tertiary/aromatic N) is 1. The Bertz CT molecular complexity index is 496. The normalized spacial score (nSPS) is 12.9. The summed E-state index contributed by atoms with van der Waals surface area (Å²) in [6.07, 6.45) is -4.46.